The predicted molar refractivity (Wildman–Crippen MR) is 73.9 cm³/mol. The Labute approximate surface area is 113 Å². The fraction of sp³-hybridized carbons (Fsp3) is 0.467. The maximum Gasteiger partial charge on any atom is 0.303 e. The van der Waals surface area contributed by atoms with E-state index in [0.717, 1.165) is 17.5 Å². The Bertz CT molecular complexity index is 443. The zero-order valence-corrected chi connectivity index (χ0v) is 11.5. The maximum absolute atomic E-state index is 11.8. The van der Waals surface area contributed by atoms with Crippen LogP contribution in [-0.4, -0.2) is 23.5 Å². The van der Waals surface area contributed by atoms with Crippen LogP contribution in [0.3, 0.4) is 0 Å². The number of nitrogens with one attached hydrogen (secondary N) is 1. The fourth-order valence-electron chi connectivity index (χ4n) is 1.94. The third kappa shape index (κ3) is 6.04. The van der Waals surface area contributed by atoms with Gasteiger partial charge in [-0.1, -0.05) is 43.2 Å². The summed E-state index contributed by atoms with van der Waals surface area (Å²) in [6.07, 6.45) is 1.18. The lowest BCUT2D eigenvalue weighted by molar-refractivity contribution is -0.138. The van der Waals surface area contributed by atoms with E-state index < -0.39 is 5.97 Å². The van der Waals surface area contributed by atoms with Crippen LogP contribution in [0, 0.1) is 12.8 Å². The molecule has 0 aliphatic rings. The van der Waals surface area contributed by atoms with Crippen molar-refractivity contribution in [3.8, 4) is 0 Å². The number of carbonyl (C=O) groups is 2. The molecule has 0 aliphatic heterocycles. The van der Waals surface area contributed by atoms with Gasteiger partial charge in [0.15, 0.2) is 0 Å². The molecular weight excluding hydrogens is 242 g/mol. The number of aliphatic carboxylic acids is 1. The van der Waals surface area contributed by atoms with Gasteiger partial charge in [0.05, 0.1) is 6.42 Å². The van der Waals surface area contributed by atoms with Crippen LogP contribution in [0.15, 0.2) is 24.3 Å². The number of rotatable bonds is 7. The Balaban J connectivity index is 2.40. The summed E-state index contributed by atoms with van der Waals surface area (Å²) in [5, 5.41) is 11.5. The highest BCUT2D eigenvalue weighted by Crippen LogP contribution is 2.07. The third-order valence-electron chi connectivity index (χ3n) is 3.08. The number of hydrogen-bond donors (Lipinski definition) is 2. The van der Waals surface area contributed by atoms with E-state index in [9.17, 15) is 9.59 Å². The zero-order valence-electron chi connectivity index (χ0n) is 11.5. The molecular formula is C15H21NO3. The molecule has 1 amide bonds. The zero-order chi connectivity index (χ0) is 14.3. The molecule has 4 heteroatoms. The molecule has 0 aliphatic carbocycles. The van der Waals surface area contributed by atoms with Gasteiger partial charge in [0.25, 0.3) is 0 Å². The van der Waals surface area contributed by atoms with Crippen LogP contribution in [0.1, 0.15) is 30.9 Å². The second-order valence-corrected chi connectivity index (χ2v) is 4.84. The molecule has 1 atom stereocenters. The molecule has 0 fully saturated rings. The van der Waals surface area contributed by atoms with Crippen molar-refractivity contribution in [3.63, 3.8) is 0 Å². The molecule has 0 spiro atoms. The Morgan fingerprint density at radius 3 is 2.68 bits per heavy atom. The van der Waals surface area contributed by atoms with Gasteiger partial charge in [0, 0.05) is 13.0 Å². The molecule has 0 radical (unpaired) electrons. The van der Waals surface area contributed by atoms with Crippen molar-refractivity contribution < 1.29 is 14.7 Å². The van der Waals surface area contributed by atoms with Crippen molar-refractivity contribution in [3.05, 3.63) is 35.4 Å². The van der Waals surface area contributed by atoms with Crippen LogP contribution < -0.4 is 5.32 Å². The van der Waals surface area contributed by atoms with Crippen molar-refractivity contribution in [1.29, 1.82) is 0 Å². The number of benzene rings is 1. The van der Waals surface area contributed by atoms with Gasteiger partial charge in [0.2, 0.25) is 5.91 Å². The average molecular weight is 263 g/mol. The van der Waals surface area contributed by atoms with Gasteiger partial charge in [-0.3, -0.25) is 9.59 Å². The molecule has 1 aromatic rings. The normalized spacial score (nSPS) is 11.9. The number of hydrogen-bond acceptors (Lipinski definition) is 2. The van der Waals surface area contributed by atoms with Crippen LogP contribution in [0.25, 0.3) is 0 Å². The molecule has 19 heavy (non-hydrogen) atoms. The van der Waals surface area contributed by atoms with E-state index in [4.69, 9.17) is 5.11 Å². The smallest absolute Gasteiger partial charge is 0.303 e. The molecule has 1 unspecified atom stereocenters. The van der Waals surface area contributed by atoms with Crippen molar-refractivity contribution in [2.45, 2.75) is 33.1 Å². The van der Waals surface area contributed by atoms with E-state index in [-0.39, 0.29) is 18.2 Å². The highest BCUT2D eigenvalue weighted by Gasteiger charge is 2.12. The van der Waals surface area contributed by atoms with E-state index >= 15 is 0 Å². The third-order valence-corrected chi connectivity index (χ3v) is 3.08. The van der Waals surface area contributed by atoms with Crippen LogP contribution >= 0.6 is 0 Å². The minimum Gasteiger partial charge on any atom is -0.481 e. The maximum atomic E-state index is 11.8. The minimum absolute atomic E-state index is 0.000963. The Morgan fingerprint density at radius 1 is 1.37 bits per heavy atom. The summed E-state index contributed by atoms with van der Waals surface area (Å²) in [5.41, 5.74) is 2.10. The first-order chi connectivity index (χ1) is 9.01. The van der Waals surface area contributed by atoms with Crippen molar-refractivity contribution in [2.24, 2.45) is 5.92 Å². The Kier molecular flexibility index (Phi) is 6.06. The molecule has 2 N–H and O–H groups in total. The largest absolute Gasteiger partial charge is 0.481 e. The number of carboxylic acid groups (broad SMARTS) is 1. The topological polar surface area (TPSA) is 66.4 Å². The van der Waals surface area contributed by atoms with Crippen LogP contribution in [0.4, 0.5) is 0 Å². The van der Waals surface area contributed by atoms with E-state index in [0.29, 0.717) is 13.0 Å². The number of carboxylic acids is 1. The lowest BCUT2D eigenvalue weighted by Crippen LogP contribution is -2.31. The van der Waals surface area contributed by atoms with Gasteiger partial charge >= 0.3 is 5.97 Å². The van der Waals surface area contributed by atoms with Crippen LogP contribution in [0.5, 0.6) is 0 Å². The van der Waals surface area contributed by atoms with Crippen molar-refractivity contribution in [2.75, 3.05) is 6.54 Å². The van der Waals surface area contributed by atoms with Crippen molar-refractivity contribution >= 4 is 11.9 Å². The second-order valence-electron chi connectivity index (χ2n) is 4.84. The number of aryl methyl sites for hydroxylation is 1. The summed E-state index contributed by atoms with van der Waals surface area (Å²) in [6.45, 7) is 4.34. The molecule has 0 saturated heterocycles. The van der Waals surface area contributed by atoms with Gasteiger partial charge in [0.1, 0.15) is 0 Å². The second kappa shape index (κ2) is 7.56. The molecule has 0 heterocycles. The van der Waals surface area contributed by atoms with Gasteiger partial charge in [-0.2, -0.15) is 0 Å². The quantitative estimate of drug-likeness (QED) is 0.792. The fourth-order valence-corrected chi connectivity index (χ4v) is 1.94. The first-order valence-electron chi connectivity index (χ1n) is 6.55. The molecule has 0 bridgehead atoms. The predicted octanol–water partition coefficient (Wildman–Crippen LogP) is 2.15. The summed E-state index contributed by atoms with van der Waals surface area (Å²) >= 11 is 0. The molecule has 0 saturated carbocycles. The molecule has 1 rings (SSSR count). The van der Waals surface area contributed by atoms with E-state index in [2.05, 4.69) is 5.32 Å². The Hall–Kier alpha value is -1.84. The molecule has 104 valence electrons. The molecule has 1 aromatic carbocycles. The first kappa shape index (κ1) is 15.2. The Morgan fingerprint density at radius 2 is 2.11 bits per heavy atom. The SMILES string of the molecule is CCC(CNC(=O)Cc1cccc(C)c1)CC(=O)O. The monoisotopic (exact) mass is 263 g/mol. The lowest BCUT2D eigenvalue weighted by Gasteiger charge is -2.13. The van der Waals surface area contributed by atoms with Gasteiger partial charge < -0.3 is 10.4 Å². The van der Waals surface area contributed by atoms with Crippen molar-refractivity contribution in [1.82, 2.24) is 5.32 Å². The van der Waals surface area contributed by atoms with Gasteiger partial charge in [-0.25, -0.2) is 0 Å². The first-order valence-corrected chi connectivity index (χ1v) is 6.55. The minimum atomic E-state index is -0.820. The highest BCUT2D eigenvalue weighted by molar-refractivity contribution is 5.78. The summed E-state index contributed by atoms with van der Waals surface area (Å²) in [4.78, 5) is 22.4. The standard InChI is InChI=1S/C15H21NO3/c1-3-12(9-15(18)19)10-16-14(17)8-13-6-4-5-11(2)7-13/h4-7,12H,3,8-10H2,1-2H3,(H,16,17)(H,18,19). The molecule has 4 nitrogen and oxygen atoms in total. The number of amides is 1. The highest BCUT2D eigenvalue weighted by atomic mass is 16.4. The van der Waals surface area contributed by atoms with Gasteiger partial charge in [-0.15, -0.1) is 0 Å². The number of carbonyl (C=O) groups excluding carboxylic acids is 1. The van der Waals surface area contributed by atoms with Crippen LogP contribution in [-0.2, 0) is 16.0 Å². The summed E-state index contributed by atoms with van der Waals surface area (Å²) in [6, 6.07) is 7.81. The summed E-state index contributed by atoms with van der Waals surface area (Å²) in [5.74, 6) is -0.881. The average Bonchev–Trinajstić information content (AvgIpc) is 2.34. The van der Waals surface area contributed by atoms with E-state index in [1.807, 2.05) is 38.1 Å². The van der Waals surface area contributed by atoms with Crippen LogP contribution in [0.2, 0.25) is 0 Å². The lowest BCUT2D eigenvalue weighted by atomic mass is 10.0. The molecule has 0 aromatic heterocycles. The summed E-state index contributed by atoms with van der Waals surface area (Å²) in [7, 11) is 0. The van der Waals surface area contributed by atoms with Gasteiger partial charge in [-0.05, 0) is 18.4 Å². The van der Waals surface area contributed by atoms with E-state index in [1.54, 1.807) is 0 Å². The summed E-state index contributed by atoms with van der Waals surface area (Å²) < 4.78 is 0. The van der Waals surface area contributed by atoms with E-state index in [1.165, 1.54) is 0 Å².